The van der Waals surface area contributed by atoms with Crippen LogP contribution in [-0.2, 0) is 11.3 Å². The van der Waals surface area contributed by atoms with Gasteiger partial charge in [-0.05, 0) is 43.4 Å². The summed E-state index contributed by atoms with van der Waals surface area (Å²) in [5.74, 6) is -0.309. The number of nitriles is 1. The molecule has 1 amide bonds. The number of nitrogens with zero attached hydrogens (tertiary/aromatic N) is 2. The van der Waals surface area contributed by atoms with Crippen LogP contribution in [0.15, 0.2) is 18.2 Å². The molecule has 1 saturated heterocycles. The van der Waals surface area contributed by atoms with Gasteiger partial charge in [0.25, 0.3) is 0 Å². The fourth-order valence-corrected chi connectivity index (χ4v) is 2.93. The summed E-state index contributed by atoms with van der Waals surface area (Å²) in [6, 6.07) is 8.51. The molecule has 1 unspecified atom stereocenters. The van der Waals surface area contributed by atoms with Crippen LogP contribution in [0.25, 0.3) is 0 Å². The van der Waals surface area contributed by atoms with Crippen LogP contribution in [0.4, 0.5) is 5.69 Å². The SMILES string of the molecule is N#Cc1cc(CNC2CC2)ccc1N1CCCC1C(N)=O. The van der Waals surface area contributed by atoms with Crippen molar-refractivity contribution in [2.75, 3.05) is 11.4 Å². The Bertz CT molecular complexity index is 588. The van der Waals surface area contributed by atoms with Gasteiger partial charge in [-0.25, -0.2) is 0 Å². The topological polar surface area (TPSA) is 82.2 Å². The van der Waals surface area contributed by atoms with Gasteiger partial charge in [0.2, 0.25) is 5.91 Å². The van der Waals surface area contributed by atoms with Gasteiger partial charge in [-0.2, -0.15) is 5.26 Å². The highest BCUT2D eigenvalue weighted by molar-refractivity contribution is 5.85. The van der Waals surface area contributed by atoms with Crippen molar-refractivity contribution < 1.29 is 4.79 Å². The van der Waals surface area contributed by atoms with E-state index < -0.39 is 0 Å². The zero-order chi connectivity index (χ0) is 14.8. The molecule has 5 nitrogen and oxygen atoms in total. The van der Waals surface area contributed by atoms with Crippen molar-refractivity contribution in [2.45, 2.75) is 44.3 Å². The molecule has 1 aromatic rings. The van der Waals surface area contributed by atoms with Gasteiger partial charge in [0.1, 0.15) is 12.1 Å². The minimum absolute atomic E-state index is 0.285. The van der Waals surface area contributed by atoms with Gasteiger partial charge in [-0.1, -0.05) is 6.07 Å². The highest BCUT2D eigenvalue weighted by atomic mass is 16.1. The van der Waals surface area contributed by atoms with Crippen LogP contribution >= 0.6 is 0 Å². The maximum Gasteiger partial charge on any atom is 0.240 e. The van der Waals surface area contributed by atoms with Gasteiger partial charge in [0.05, 0.1) is 11.3 Å². The van der Waals surface area contributed by atoms with Crippen molar-refractivity contribution in [1.82, 2.24) is 5.32 Å². The lowest BCUT2D eigenvalue weighted by Gasteiger charge is -2.25. The molecule has 5 heteroatoms. The van der Waals surface area contributed by atoms with E-state index in [0.717, 1.165) is 37.2 Å². The van der Waals surface area contributed by atoms with Crippen LogP contribution < -0.4 is 16.0 Å². The summed E-state index contributed by atoms with van der Waals surface area (Å²) < 4.78 is 0. The van der Waals surface area contributed by atoms with Crippen molar-refractivity contribution in [3.05, 3.63) is 29.3 Å². The number of primary amides is 1. The van der Waals surface area contributed by atoms with E-state index in [1.54, 1.807) is 0 Å². The third-order valence-corrected chi connectivity index (χ3v) is 4.24. The number of amides is 1. The first kappa shape index (κ1) is 13.9. The predicted octanol–water partition coefficient (Wildman–Crippen LogP) is 1.26. The van der Waals surface area contributed by atoms with Crippen molar-refractivity contribution in [1.29, 1.82) is 5.26 Å². The fraction of sp³-hybridized carbons (Fsp3) is 0.500. The van der Waals surface area contributed by atoms with E-state index in [1.807, 2.05) is 23.1 Å². The van der Waals surface area contributed by atoms with Gasteiger partial charge >= 0.3 is 0 Å². The largest absolute Gasteiger partial charge is 0.368 e. The number of nitrogens with two attached hydrogens (primary N) is 1. The number of rotatable bonds is 5. The number of hydrogen-bond donors (Lipinski definition) is 2. The summed E-state index contributed by atoms with van der Waals surface area (Å²) in [6.07, 6.45) is 4.20. The molecule has 1 aromatic carbocycles. The highest BCUT2D eigenvalue weighted by Gasteiger charge is 2.30. The van der Waals surface area contributed by atoms with E-state index in [0.29, 0.717) is 11.6 Å². The minimum atomic E-state index is -0.309. The van der Waals surface area contributed by atoms with E-state index in [1.165, 1.54) is 12.8 Å². The Labute approximate surface area is 124 Å². The zero-order valence-electron chi connectivity index (χ0n) is 12.0. The third kappa shape index (κ3) is 3.01. The van der Waals surface area contributed by atoms with Gasteiger partial charge in [0, 0.05) is 19.1 Å². The summed E-state index contributed by atoms with van der Waals surface area (Å²) in [6.45, 7) is 1.57. The quantitative estimate of drug-likeness (QED) is 0.853. The van der Waals surface area contributed by atoms with Gasteiger partial charge < -0.3 is 16.0 Å². The molecule has 3 rings (SSSR count). The average Bonchev–Trinajstić information content (AvgIpc) is 3.19. The molecule has 0 bridgehead atoms. The maximum atomic E-state index is 11.5. The number of hydrogen-bond acceptors (Lipinski definition) is 4. The first-order chi connectivity index (χ1) is 10.2. The molecule has 2 aliphatic rings. The Morgan fingerprint density at radius 2 is 2.24 bits per heavy atom. The summed E-state index contributed by atoms with van der Waals surface area (Å²) >= 11 is 0. The molecular weight excluding hydrogens is 264 g/mol. The summed E-state index contributed by atoms with van der Waals surface area (Å²) in [4.78, 5) is 13.5. The van der Waals surface area contributed by atoms with Crippen molar-refractivity contribution >= 4 is 11.6 Å². The number of anilines is 1. The molecule has 21 heavy (non-hydrogen) atoms. The molecule has 0 aromatic heterocycles. The van der Waals surface area contributed by atoms with Crippen LogP contribution in [0.1, 0.15) is 36.8 Å². The minimum Gasteiger partial charge on any atom is -0.368 e. The monoisotopic (exact) mass is 284 g/mol. The van der Waals surface area contributed by atoms with E-state index in [-0.39, 0.29) is 11.9 Å². The van der Waals surface area contributed by atoms with Crippen molar-refractivity contribution in [2.24, 2.45) is 5.73 Å². The molecule has 110 valence electrons. The Morgan fingerprint density at radius 3 is 2.90 bits per heavy atom. The number of benzene rings is 1. The van der Waals surface area contributed by atoms with Crippen LogP contribution in [0.3, 0.4) is 0 Å². The zero-order valence-corrected chi connectivity index (χ0v) is 12.0. The average molecular weight is 284 g/mol. The van der Waals surface area contributed by atoms with Crippen LogP contribution in [0.2, 0.25) is 0 Å². The number of nitrogens with one attached hydrogen (secondary N) is 1. The highest BCUT2D eigenvalue weighted by Crippen LogP contribution is 2.29. The van der Waals surface area contributed by atoms with E-state index in [9.17, 15) is 10.1 Å². The van der Waals surface area contributed by atoms with Crippen molar-refractivity contribution in [3.8, 4) is 6.07 Å². The van der Waals surface area contributed by atoms with Crippen LogP contribution in [0, 0.1) is 11.3 Å². The number of carbonyl (C=O) groups is 1. The van der Waals surface area contributed by atoms with Gasteiger partial charge in [-0.15, -0.1) is 0 Å². The third-order valence-electron chi connectivity index (χ3n) is 4.24. The van der Waals surface area contributed by atoms with E-state index >= 15 is 0 Å². The van der Waals surface area contributed by atoms with E-state index in [4.69, 9.17) is 5.73 Å². The molecular formula is C16H20N4O. The van der Waals surface area contributed by atoms with Crippen LogP contribution in [-0.4, -0.2) is 24.5 Å². The summed E-state index contributed by atoms with van der Waals surface area (Å²) in [5.41, 5.74) is 8.02. The maximum absolute atomic E-state index is 11.5. The lowest BCUT2D eigenvalue weighted by Crippen LogP contribution is -2.40. The Morgan fingerprint density at radius 1 is 1.43 bits per heavy atom. The normalized spacial score (nSPS) is 21.3. The summed E-state index contributed by atoms with van der Waals surface area (Å²) in [7, 11) is 0. The molecule has 1 aliphatic heterocycles. The van der Waals surface area contributed by atoms with E-state index in [2.05, 4.69) is 11.4 Å². The second kappa shape index (κ2) is 5.74. The molecule has 0 radical (unpaired) electrons. The van der Waals surface area contributed by atoms with Gasteiger partial charge in [0.15, 0.2) is 0 Å². The first-order valence-corrected chi connectivity index (χ1v) is 7.51. The van der Waals surface area contributed by atoms with Gasteiger partial charge in [-0.3, -0.25) is 4.79 Å². The first-order valence-electron chi connectivity index (χ1n) is 7.51. The summed E-state index contributed by atoms with van der Waals surface area (Å²) in [5, 5.41) is 12.8. The molecule has 1 aliphatic carbocycles. The second-order valence-corrected chi connectivity index (χ2v) is 5.87. The molecule has 1 heterocycles. The molecule has 3 N–H and O–H groups in total. The van der Waals surface area contributed by atoms with Crippen LogP contribution in [0.5, 0.6) is 0 Å². The Balaban J connectivity index is 1.81. The smallest absolute Gasteiger partial charge is 0.240 e. The lowest BCUT2D eigenvalue weighted by atomic mass is 10.1. The van der Waals surface area contributed by atoms with Crippen molar-refractivity contribution in [3.63, 3.8) is 0 Å². The molecule has 2 fully saturated rings. The second-order valence-electron chi connectivity index (χ2n) is 5.87. The molecule has 1 saturated carbocycles. The molecule has 1 atom stereocenters. The lowest BCUT2D eigenvalue weighted by molar-refractivity contribution is -0.119. The Hall–Kier alpha value is -2.06. The predicted molar refractivity (Wildman–Crippen MR) is 80.6 cm³/mol. The fourth-order valence-electron chi connectivity index (χ4n) is 2.93. The number of carbonyl (C=O) groups excluding carboxylic acids is 1. The standard InChI is InChI=1S/C16H20N4O/c17-9-12-8-11(10-19-13-4-5-13)3-6-14(12)20-7-1-2-15(20)16(18)21/h3,6,8,13,15,19H,1-2,4-5,7,10H2,(H2,18,21). The Kier molecular flexibility index (Phi) is 3.80. The molecule has 0 spiro atoms.